The molecular formula is C24H25N3O4. The molecule has 31 heavy (non-hydrogen) atoms. The van der Waals surface area contributed by atoms with Crippen molar-refractivity contribution in [1.29, 1.82) is 0 Å². The van der Waals surface area contributed by atoms with Crippen molar-refractivity contribution < 1.29 is 14.3 Å². The first kappa shape index (κ1) is 20.8. The van der Waals surface area contributed by atoms with E-state index >= 15 is 0 Å². The maximum absolute atomic E-state index is 13.5. The lowest BCUT2D eigenvalue weighted by molar-refractivity contribution is -0.132. The number of anilines is 1. The summed E-state index contributed by atoms with van der Waals surface area (Å²) in [5, 5.41) is 3.81. The van der Waals surface area contributed by atoms with Gasteiger partial charge < -0.3 is 10.1 Å². The fourth-order valence-corrected chi connectivity index (χ4v) is 4.16. The molecule has 3 aromatic rings. The van der Waals surface area contributed by atoms with E-state index in [-0.39, 0.29) is 23.5 Å². The molecule has 2 aromatic carbocycles. The molecule has 1 aliphatic rings. The highest BCUT2D eigenvalue weighted by molar-refractivity contribution is 6.03. The standard InChI is InChI=1S/C24H25N3O4/c1-14-10-19(25-13-16-4-7-18(31-3)8-5-16)23-20(11-14)26-15(2)27(24(23)30)21-9-6-17(28)12-22(21)29/h4-5,7-8,10-11,21,25H,6,9,12-13H2,1-3H3. The topological polar surface area (TPSA) is 90.3 Å². The first-order valence-electron chi connectivity index (χ1n) is 10.3. The van der Waals surface area contributed by atoms with Gasteiger partial charge in [0.25, 0.3) is 5.56 Å². The summed E-state index contributed by atoms with van der Waals surface area (Å²) in [6.07, 6.45) is 0.522. The van der Waals surface area contributed by atoms with Gasteiger partial charge in [-0.3, -0.25) is 19.0 Å². The van der Waals surface area contributed by atoms with Crippen molar-refractivity contribution in [2.45, 2.75) is 45.7 Å². The van der Waals surface area contributed by atoms with Crippen LogP contribution in [0.4, 0.5) is 5.69 Å². The number of hydrogen-bond acceptors (Lipinski definition) is 6. The van der Waals surface area contributed by atoms with Gasteiger partial charge in [-0.05, 0) is 55.7 Å². The summed E-state index contributed by atoms with van der Waals surface area (Å²) in [5.74, 6) is 0.973. The van der Waals surface area contributed by atoms with Crippen molar-refractivity contribution >= 4 is 28.2 Å². The first-order valence-corrected chi connectivity index (χ1v) is 10.3. The Morgan fingerprint density at radius 3 is 2.55 bits per heavy atom. The normalized spacial score (nSPS) is 16.5. The smallest absolute Gasteiger partial charge is 0.264 e. The molecule has 1 heterocycles. The van der Waals surface area contributed by atoms with Crippen LogP contribution >= 0.6 is 0 Å². The summed E-state index contributed by atoms with van der Waals surface area (Å²) >= 11 is 0. The number of rotatable bonds is 5. The van der Waals surface area contributed by atoms with Gasteiger partial charge in [0.1, 0.15) is 17.4 Å². The number of ether oxygens (including phenoxy) is 1. The van der Waals surface area contributed by atoms with E-state index in [2.05, 4.69) is 10.3 Å². The number of aromatic nitrogens is 2. The number of methoxy groups -OCH3 is 1. The Morgan fingerprint density at radius 2 is 1.87 bits per heavy atom. The van der Waals surface area contributed by atoms with Gasteiger partial charge in [0.05, 0.1) is 30.5 Å². The molecule has 1 unspecified atom stereocenters. The van der Waals surface area contributed by atoms with Crippen LogP contribution in [-0.2, 0) is 16.1 Å². The van der Waals surface area contributed by atoms with Crippen molar-refractivity contribution in [2.75, 3.05) is 12.4 Å². The predicted octanol–water partition coefficient (Wildman–Crippen LogP) is 3.50. The molecular weight excluding hydrogens is 394 g/mol. The van der Waals surface area contributed by atoms with E-state index < -0.39 is 6.04 Å². The number of benzene rings is 2. The van der Waals surface area contributed by atoms with Gasteiger partial charge in [-0.1, -0.05) is 12.1 Å². The second-order valence-corrected chi connectivity index (χ2v) is 7.98. The van der Waals surface area contributed by atoms with Crippen molar-refractivity contribution in [2.24, 2.45) is 0 Å². The van der Waals surface area contributed by atoms with E-state index in [1.165, 1.54) is 4.57 Å². The van der Waals surface area contributed by atoms with Crippen LogP contribution in [0.1, 0.15) is 42.3 Å². The SMILES string of the molecule is COc1ccc(CNc2cc(C)cc3nc(C)n(C4CCC(=O)CC4=O)c(=O)c23)cc1. The summed E-state index contributed by atoms with van der Waals surface area (Å²) in [6, 6.07) is 10.8. The van der Waals surface area contributed by atoms with Crippen LogP contribution in [-0.4, -0.2) is 28.2 Å². The minimum absolute atomic E-state index is 0.0711. The molecule has 1 N–H and O–H groups in total. The molecule has 0 bridgehead atoms. The molecule has 7 heteroatoms. The lowest BCUT2D eigenvalue weighted by atomic mass is 9.92. The monoisotopic (exact) mass is 419 g/mol. The number of hydrogen-bond donors (Lipinski definition) is 1. The zero-order valence-electron chi connectivity index (χ0n) is 17.9. The molecule has 0 saturated heterocycles. The van der Waals surface area contributed by atoms with Gasteiger partial charge in [0.2, 0.25) is 0 Å². The molecule has 0 radical (unpaired) electrons. The maximum Gasteiger partial charge on any atom is 0.264 e. The zero-order chi connectivity index (χ0) is 22.1. The molecule has 7 nitrogen and oxygen atoms in total. The number of aryl methyl sites for hydroxylation is 2. The average Bonchev–Trinajstić information content (AvgIpc) is 2.73. The van der Waals surface area contributed by atoms with Gasteiger partial charge in [-0.15, -0.1) is 0 Å². The Hall–Kier alpha value is -3.48. The molecule has 4 rings (SSSR count). The highest BCUT2D eigenvalue weighted by atomic mass is 16.5. The number of carbonyl (C=O) groups excluding carboxylic acids is 2. The van der Waals surface area contributed by atoms with Crippen LogP contribution in [0.3, 0.4) is 0 Å². The minimum Gasteiger partial charge on any atom is -0.497 e. The fourth-order valence-electron chi connectivity index (χ4n) is 4.16. The van der Waals surface area contributed by atoms with Gasteiger partial charge in [0.15, 0.2) is 5.78 Å². The third-order valence-corrected chi connectivity index (χ3v) is 5.72. The number of Topliss-reactive ketones (excluding diaryl/α,β-unsaturated/α-hetero) is 2. The van der Waals surface area contributed by atoms with Crippen LogP contribution in [0, 0.1) is 13.8 Å². The van der Waals surface area contributed by atoms with Crippen LogP contribution in [0.2, 0.25) is 0 Å². The zero-order valence-corrected chi connectivity index (χ0v) is 17.9. The number of nitrogens with zero attached hydrogens (tertiary/aromatic N) is 2. The van der Waals surface area contributed by atoms with E-state index in [1.54, 1.807) is 14.0 Å². The van der Waals surface area contributed by atoms with Gasteiger partial charge >= 0.3 is 0 Å². The van der Waals surface area contributed by atoms with Crippen LogP contribution in [0.15, 0.2) is 41.2 Å². The predicted molar refractivity (Wildman–Crippen MR) is 119 cm³/mol. The van der Waals surface area contributed by atoms with Crippen molar-refractivity contribution in [3.8, 4) is 5.75 Å². The molecule has 0 amide bonds. The maximum atomic E-state index is 13.5. The van der Waals surface area contributed by atoms with Crippen LogP contribution in [0.5, 0.6) is 5.75 Å². The average molecular weight is 419 g/mol. The van der Waals surface area contributed by atoms with E-state index in [9.17, 15) is 14.4 Å². The second kappa shape index (κ2) is 8.34. The molecule has 160 valence electrons. The molecule has 1 fully saturated rings. The fraction of sp³-hybridized carbons (Fsp3) is 0.333. The van der Waals surface area contributed by atoms with Crippen molar-refractivity contribution in [3.63, 3.8) is 0 Å². The van der Waals surface area contributed by atoms with Gasteiger partial charge in [-0.25, -0.2) is 4.98 Å². The summed E-state index contributed by atoms with van der Waals surface area (Å²) < 4.78 is 6.66. The minimum atomic E-state index is -0.641. The Balaban J connectivity index is 1.75. The highest BCUT2D eigenvalue weighted by Gasteiger charge is 2.31. The van der Waals surface area contributed by atoms with E-state index in [0.29, 0.717) is 41.8 Å². The quantitative estimate of drug-likeness (QED) is 0.637. The molecule has 1 aromatic heterocycles. The third-order valence-electron chi connectivity index (χ3n) is 5.72. The third kappa shape index (κ3) is 4.08. The largest absolute Gasteiger partial charge is 0.497 e. The highest BCUT2D eigenvalue weighted by Crippen LogP contribution is 2.27. The molecule has 0 aliphatic heterocycles. The lowest BCUT2D eigenvalue weighted by Gasteiger charge is -2.24. The summed E-state index contributed by atoms with van der Waals surface area (Å²) in [7, 11) is 1.62. The van der Waals surface area contributed by atoms with Crippen LogP contribution in [0.25, 0.3) is 10.9 Å². The molecule has 1 aliphatic carbocycles. The summed E-state index contributed by atoms with van der Waals surface area (Å²) in [5.41, 5.74) is 3.03. The second-order valence-electron chi connectivity index (χ2n) is 7.98. The number of ketones is 2. The molecule has 0 spiro atoms. The van der Waals surface area contributed by atoms with E-state index in [0.717, 1.165) is 16.9 Å². The Kier molecular flexibility index (Phi) is 5.59. The number of fused-ring (bicyclic) bond motifs is 1. The Bertz CT molecular complexity index is 1230. The summed E-state index contributed by atoms with van der Waals surface area (Å²) in [6.45, 7) is 4.21. The lowest BCUT2D eigenvalue weighted by Crippen LogP contribution is -2.36. The van der Waals surface area contributed by atoms with Gasteiger partial charge in [-0.2, -0.15) is 0 Å². The van der Waals surface area contributed by atoms with Crippen molar-refractivity contribution in [1.82, 2.24) is 9.55 Å². The Morgan fingerprint density at radius 1 is 1.13 bits per heavy atom. The van der Waals surface area contributed by atoms with Gasteiger partial charge in [0, 0.05) is 18.7 Å². The van der Waals surface area contributed by atoms with E-state index in [1.807, 2.05) is 43.3 Å². The molecule has 1 saturated carbocycles. The molecule has 1 atom stereocenters. The number of carbonyl (C=O) groups is 2. The first-order chi connectivity index (χ1) is 14.9. The summed E-state index contributed by atoms with van der Waals surface area (Å²) in [4.78, 5) is 42.3. The number of nitrogens with one attached hydrogen (secondary N) is 1. The van der Waals surface area contributed by atoms with Crippen molar-refractivity contribution in [3.05, 3.63) is 63.7 Å². The van der Waals surface area contributed by atoms with E-state index in [4.69, 9.17) is 4.74 Å². The Labute approximate surface area is 180 Å². The van der Waals surface area contributed by atoms with Crippen LogP contribution < -0.4 is 15.6 Å².